The molecule has 0 spiro atoms. The largest absolute Gasteiger partial charge is 0.383 e. The molecule has 0 radical (unpaired) electrons. The normalized spacial score (nSPS) is 16.4. The van der Waals surface area contributed by atoms with Gasteiger partial charge in [-0.2, -0.15) is 0 Å². The lowest BCUT2D eigenvalue weighted by atomic mass is 9.82. The van der Waals surface area contributed by atoms with E-state index in [2.05, 4.69) is 10.6 Å². The van der Waals surface area contributed by atoms with E-state index in [1.807, 2.05) is 44.2 Å². The Morgan fingerprint density at radius 1 is 0.897 bits per heavy atom. The molecule has 0 unspecified atom stereocenters. The number of carbonyl (C=O) groups excluding carboxylic acids is 3. The average Bonchev–Trinajstić information content (AvgIpc) is 2.87. The number of rotatable bonds is 13. The maximum atomic E-state index is 13.6. The highest BCUT2D eigenvalue weighted by Crippen LogP contribution is 2.28. The van der Waals surface area contributed by atoms with Crippen LogP contribution in [-0.2, 0) is 27.2 Å². The number of ketones is 1. The fraction of sp³-hybridized carbons (Fsp3) is 0.516. The first kappa shape index (κ1) is 30.4. The van der Waals surface area contributed by atoms with Crippen molar-refractivity contribution in [3.63, 3.8) is 0 Å². The Morgan fingerprint density at radius 2 is 1.54 bits per heavy atom. The van der Waals surface area contributed by atoms with E-state index in [-0.39, 0.29) is 36.0 Å². The Bertz CT molecular complexity index is 1080. The van der Waals surface area contributed by atoms with Crippen LogP contribution >= 0.6 is 0 Å². The first-order chi connectivity index (χ1) is 18.6. The lowest BCUT2D eigenvalue weighted by Crippen LogP contribution is -2.55. The van der Waals surface area contributed by atoms with Gasteiger partial charge in [0.25, 0.3) is 0 Å². The third kappa shape index (κ3) is 10.2. The van der Waals surface area contributed by atoms with Crippen LogP contribution in [0, 0.1) is 23.5 Å². The quantitative estimate of drug-likeness (QED) is 0.343. The van der Waals surface area contributed by atoms with Crippen molar-refractivity contribution in [2.45, 2.75) is 89.8 Å². The minimum absolute atomic E-state index is 0.0501. The Morgan fingerprint density at radius 3 is 2.15 bits per heavy atom. The standard InChI is InChI=1S/C31H40F2N2O4/c1-20(2)13-27(34-29(37)18-23-14-24(32)19-25(33)15-23)31(39)35-26(16-21-9-5-3-6-10-21)30(38)28(36)17-22-11-7-4-8-12-22/h4,7-8,11-12,14-15,19-21,26-27,30,38H,3,5-6,9-10,13,16-18H2,1-2H3,(H,34,37)(H,35,39)/t26-,27-,30+/m0/s1. The zero-order valence-corrected chi connectivity index (χ0v) is 22.8. The maximum Gasteiger partial charge on any atom is 0.242 e. The Kier molecular flexibility index (Phi) is 11.6. The zero-order valence-electron chi connectivity index (χ0n) is 22.8. The van der Waals surface area contributed by atoms with Crippen molar-refractivity contribution in [3.8, 4) is 0 Å². The van der Waals surface area contributed by atoms with Gasteiger partial charge in [-0.1, -0.05) is 76.3 Å². The second-order valence-corrected chi connectivity index (χ2v) is 11.1. The van der Waals surface area contributed by atoms with Crippen LogP contribution in [0.1, 0.15) is 69.9 Å². The zero-order chi connectivity index (χ0) is 28.4. The van der Waals surface area contributed by atoms with Crippen LogP contribution in [-0.4, -0.2) is 40.9 Å². The van der Waals surface area contributed by atoms with Crippen LogP contribution in [0.2, 0.25) is 0 Å². The fourth-order valence-corrected chi connectivity index (χ4v) is 5.30. The van der Waals surface area contributed by atoms with Crippen molar-refractivity contribution in [1.29, 1.82) is 0 Å². The molecule has 1 saturated carbocycles. The third-order valence-corrected chi connectivity index (χ3v) is 7.22. The highest BCUT2D eigenvalue weighted by atomic mass is 19.1. The third-order valence-electron chi connectivity index (χ3n) is 7.22. The summed E-state index contributed by atoms with van der Waals surface area (Å²) in [6, 6.07) is 10.3. The molecule has 2 aromatic carbocycles. The number of hydrogen-bond acceptors (Lipinski definition) is 4. The van der Waals surface area contributed by atoms with Gasteiger partial charge < -0.3 is 15.7 Å². The molecular weight excluding hydrogens is 502 g/mol. The van der Waals surface area contributed by atoms with E-state index in [1.165, 1.54) is 0 Å². The van der Waals surface area contributed by atoms with Crippen LogP contribution in [0.15, 0.2) is 48.5 Å². The summed E-state index contributed by atoms with van der Waals surface area (Å²) in [6.07, 6.45) is 4.42. The summed E-state index contributed by atoms with van der Waals surface area (Å²) in [4.78, 5) is 39.2. The highest BCUT2D eigenvalue weighted by Gasteiger charge is 2.33. The van der Waals surface area contributed by atoms with Crippen molar-refractivity contribution in [2.75, 3.05) is 0 Å². The molecule has 2 aromatic rings. The van der Waals surface area contributed by atoms with Gasteiger partial charge in [0.1, 0.15) is 23.8 Å². The lowest BCUT2D eigenvalue weighted by Gasteiger charge is -2.31. The van der Waals surface area contributed by atoms with Crippen LogP contribution in [0.3, 0.4) is 0 Å². The number of benzene rings is 2. The Balaban J connectivity index is 1.72. The van der Waals surface area contributed by atoms with E-state index >= 15 is 0 Å². The number of Topliss-reactive ketones (excluding diaryl/α,β-unsaturated/α-hetero) is 1. The SMILES string of the molecule is CC(C)C[C@H](NC(=O)Cc1cc(F)cc(F)c1)C(=O)N[C@@H](CC1CCCCC1)[C@@H](O)C(=O)Cc1ccccc1. The number of nitrogens with one attached hydrogen (secondary N) is 2. The number of carbonyl (C=O) groups is 3. The van der Waals surface area contributed by atoms with Gasteiger partial charge in [0, 0.05) is 12.5 Å². The molecule has 0 aromatic heterocycles. The molecule has 3 N–H and O–H groups in total. The molecule has 1 aliphatic rings. The summed E-state index contributed by atoms with van der Waals surface area (Å²) in [5, 5.41) is 16.7. The van der Waals surface area contributed by atoms with E-state index in [4.69, 9.17) is 0 Å². The minimum Gasteiger partial charge on any atom is -0.383 e. The van der Waals surface area contributed by atoms with Gasteiger partial charge in [-0.25, -0.2) is 8.78 Å². The molecule has 0 bridgehead atoms. The van der Waals surface area contributed by atoms with Crippen molar-refractivity contribution < 1.29 is 28.3 Å². The van der Waals surface area contributed by atoms with Gasteiger partial charge in [-0.05, 0) is 47.9 Å². The van der Waals surface area contributed by atoms with Crippen molar-refractivity contribution in [1.82, 2.24) is 10.6 Å². The van der Waals surface area contributed by atoms with Crippen molar-refractivity contribution in [2.24, 2.45) is 11.8 Å². The summed E-state index contributed by atoms with van der Waals surface area (Å²) in [5.74, 6) is -2.65. The number of halogens is 2. The molecule has 8 heteroatoms. The van der Waals surface area contributed by atoms with Gasteiger partial charge >= 0.3 is 0 Å². The van der Waals surface area contributed by atoms with Crippen molar-refractivity contribution in [3.05, 3.63) is 71.3 Å². The molecule has 0 saturated heterocycles. The molecule has 3 rings (SSSR count). The smallest absolute Gasteiger partial charge is 0.242 e. The molecule has 3 atom stereocenters. The molecule has 6 nitrogen and oxygen atoms in total. The first-order valence-electron chi connectivity index (χ1n) is 13.9. The summed E-state index contributed by atoms with van der Waals surface area (Å²) < 4.78 is 27.1. The fourth-order valence-electron chi connectivity index (χ4n) is 5.30. The average molecular weight is 543 g/mol. The van der Waals surface area contributed by atoms with Gasteiger partial charge in [-0.3, -0.25) is 14.4 Å². The second-order valence-electron chi connectivity index (χ2n) is 11.1. The molecule has 212 valence electrons. The lowest BCUT2D eigenvalue weighted by molar-refractivity contribution is -0.133. The summed E-state index contributed by atoms with van der Waals surface area (Å²) in [7, 11) is 0. The number of aliphatic hydroxyl groups excluding tert-OH is 1. The van der Waals surface area contributed by atoms with Crippen LogP contribution in [0.25, 0.3) is 0 Å². The minimum atomic E-state index is -1.39. The van der Waals surface area contributed by atoms with E-state index in [1.54, 1.807) is 0 Å². The van der Waals surface area contributed by atoms with E-state index in [9.17, 15) is 28.3 Å². The topological polar surface area (TPSA) is 95.5 Å². The number of amides is 2. The van der Waals surface area contributed by atoms with E-state index in [0.29, 0.717) is 12.8 Å². The molecule has 1 aliphatic carbocycles. The Labute approximate surface area is 229 Å². The Hall–Kier alpha value is -3.13. The monoisotopic (exact) mass is 542 g/mol. The van der Waals surface area contributed by atoms with Crippen molar-refractivity contribution >= 4 is 17.6 Å². The van der Waals surface area contributed by atoms with Crippen LogP contribution in [0.4, 0.5) is 8.78 Å². The second kappa shape index (κ2) is 14.9. The molecule has 0 heterocycles. The van der Waals surface area contributed by atoms with E-state index < -0.39 is 41.6 Å². The molecule has 0 aliphatic heterocycles. The first-order valence-corrected chi connectivity index (χ1v) is 13.9. The molecule has 39 heavy (non-hydrogen) atoms. The van der Waals surface area contributed by atoms with Gasteiger partial charge in [-0.15, -0.1) is 0 Å². The number of hydrogen-bond donors (Lipinski definition) is 3. The summed E-state index contributed by atoms with van der Waals surface area (Å²) >= 11 is 0. The number of aliphatic hydroxyl groups is 1. The molecule has 2 amide bonds. The van der Waals surface area contributed by atoms with Gasteiger partial charge in [0.2, 0.25) is 11.8 Å². The van der Waals surface area contributed by atoms with Gasteiger partial charge in [0.15, 0.2) is 5.78 Å². The maximum absolute atomic E-state index is 13.6. The highest BCUT2D eigenvalue weighted by molar-refractivity contribution is 5.90. The predicted octanol–water partition coefficient (Wildman–Crippen LogP) is 4.67. The van der Waals surface area contributed by atoms with Gasteiger partial charge in [0.05, 0.1) is 12.5 Å². The van der Waals surface area contributed by atoms with Crippen LogP contribution in [0.5, 0.6) is 0 Å². The molecular formula is C31H40F2N2O4. The molecule has 1 fully saturated rings. The predicted molar refractivity (Wildman–Crippen MR) is 146 cm³/mol. The summed E-state index contributed by atoms with van der Waals surface area (Å²) in [6.45, 7) is 3.82. The summed E-state index contributed by atoms with van der Waals surface area (Å²) in [5.41, 5.74) is 0.939. The van der Waals surface area contributed by atoms with E-state index in [0.717, 1.165) is 55.9 Å². The van der Waals surface area contributed by atoms with Crippen LogP contribution < -0.4 is 10.6 Å².